The Morgan fingerprint density at radius 2 is 2.05 bits per heavy atom. The summed E-state index contributed by atoms with van der Waals surface area (Å²) >= 11 is 0. The van der Waals surface area contributed by atoms with Gasteiger partial charge >= 0.3 is 0 Å². The van der Waals surface area contributed by atoms with Gasteiger partial charge in [-0.05, 0) is 26.2 Å². The molecule has 0 radical (unpaired) electrons. The number of likely N-dealkylation sites (N-methyl/N-ethyl adjacent to an activating group) is 1. The molecule has 0 fully saturated rings. The predicted molar refractivity (Wildman–Crippen MR) is 77.2 cm³/mol. The molecule has 0 unspecified atom stereocenters. The number of hydrogen-bond donors (Lipinski definition) is 1. The summed E-state index contributed by atoms with van der Waals surface area (Å²) in [6.45, 7) is 1.67. The summed E-state index contributed by atoms with van der Waals surface area (Å²) in [4.78, 5) is 2.10. The van der Waals surface area contributed by atoms with Gasteiger partial charge in [-0.25, -0.2) is 4.68 Å². The first-order chi connectivity index (χ1) is 9.11. The minimum atomic E-state index is 0.669. The van der Waals surface area contributed by atoms with Crippen molar-refractivity contribution >= 4 is 5.82 Å². The van der Waals surface area contributed by atoms with E-state index in [2.05, 4.69) is 10.00 Å². The van der Waals surface area contributed by atoms with Crippen LogP contribution < -0.4 is 10.5 Å². The molecule has 0 spiro atoms. The second-order valence-electron chi connectivity index (χ2n) is 4.68. The zero-order valence-electron chi connectivity index (χ0n) is 11.6. The van der Waals surface area contributed by atoms with Gasteiger partial charge in [-0.1, -0.05) is 12.1 Å². The molecular weight excluding hydrogens is 240 g/mol. The van der Waals surface area contributed by atoms with E-state index in [0.29, 0.717) is 5.82 Å². The monoisotopic (exact) mass is 260 g/mol. The minimum Gasteiger partial charge on any atom is -0.496 e. The summed E-state index contributed by atoms with van der Waals surface area (Å²) in [6.07, 6.45) is 0. The number of benzene rings is 1. The Morgan fingerprint density at radius 3 is 2.74 bits per heavy atom. The number of hydrogen-bond acceptors (Lipinski definition) is 4. The molecule has 2 rings (SSSR count). The Bertz CT molecular complexity index is 548. The van der Waals surface area contributed by atoms with Gasteiger partial charge in [0.25, 0.3) is 0 Å². The van der Waals surface area contributed by atoms with Crippen LogP contribution in [0.5, 0.6) is 5.75 Å². The summed E-state index contributed by atoms with van der Waals surface area (Å²) in [5.41, 5.74) is 7.80. The number of aromatic nitrogens is 2. The Morgan fingerprint density at radius 1 is 1.32 bits per heavy atom. The quantitative estimate of drug-likeness (QED) is 0.889. The van der Waals surface area contributed by atoms with Crippen molar-refractivity contribution in [2.75, 3.05) is 33.5 Å². The summed E-state index contributed by atoms with van der Waals surface area (Å²) in [5, 5.41) is 4.55. The molecule has 0 aliphatic heterocycles. The molecular formula is C14H20N4O. The number of nitrogen functional groups attached to an aromatic ring is 1. The minimum absolute atomic E-state index is 0.669. The molecule has 0 saturated heterocycles. The average Bonchev–Trinajstić information content (AvgIpc) is 2.77. The van der Waals surface area contributed by atoms with E-state index in [1.54, 1.807) is 7.11 Å². The molecule has 0 amide bonds. The number of ether oxygens (including phenoxy) is 1. The third kappa shape index (κ3) is 3.06. The first kappa shape index (κ1) is 13.4. The first-order valence-electron chi connectivity index (χ1n) is 6.23. The van der Waals surface area contributed by atoms with Crippen LogP contribution in [0.15, 0.2) is 30.3 Å². The van der Waals surface area contributed by atoms with Gasteiger partial charge < -0.3 is 15.4 Å². The fraction of sp³-hybridized carbons (Fsp3) is 0.357. The molecule has 0 bridgehead atoms. The highest BCUT2D eigenvalue weighted by molar-refractivity contribution is 5.69. The molecule has 19 heavy (non-hydrogen) atoms. The number of nitrogens with zero attached hydrogens (tertiary/aromatic N) is 3. The topological polar surface area (TPSA) is 56.3 Å². The lowest BCUT2D eigenvalue weighted by Gasteiger charge is -2.10. The lowest BCUT2D eigenvalue weighted by Crippen LogP contribution is -2.19. The van der Waals surface area contributed by atoms with Crippen LogP contribution in [-0.4, -0.2) is 42.4 Å². The fourth-order valence-corrected chi connectivity index (χ4v) is 1.89. The number of methoxy groups -OCH3 is 1. The van der Waals surface area contributed by atoms with E-state index in [1.165, 1.54) is 0 Å². The highest BCUT2D eigenvalue weighted by Crippen LogP contribution is 2.29. The second kappa shape index (κ2) is 5.75. The van der Waals surface area contributed by atoms with Crippen molar-refractivity contribution < 1.29 is 4.74 Å². The smallest absolute Gasteiger partial charge is 0.128 e. The normalized spacial score (nSPS) is 10.9. The summed E-state index contributed by atoms with van der Waals surface area (Å²) in [6, 6.07) is 9.69. The van der Waals surface area contributed by atoms with Gasteiger partial charge in [-0.2, -0.15) is 5.10 Å². The van der Waals surface area contributed by atoms with Crippen LogP contribution in [0.4, 0.5) is 5.82 Å². The van der Waals surface area contributed by atoms with E-state index in [4.69, 9.17) is 10.5 Å². The van der Waals surface area contributed by atoms with Gasteiger partial charge in [0, 0.05) is 18.2 Å². The van der Waals surface area contributed by atoms with E-state index in [1.807, 2.05) is 49.1 Å². The Kier molecular flexibility index (Phi) is 4.06. The van der Waals surface area contributed by atoms with E-state index in [0.717, 1.165) is 30.1 Å². The van der Waals surface area contributed by atoms with Crippen LogP contribution in [0.3, 0.4) is 0 Å². The molecule has 102 valence electrons. The van der Waals surface area contributed by atoms with E-state index in [-0.39, 0.29) is 0 Å². The van der Waals surface area contributed by atoms with Crippen molar-refractivity contribution in [1.82, 2.24) is 14.7 Å². The second-order valence-corrected chi connectivity index (χ2v) is 4.68. The van der Waals surface area contributed by atoms with Crippen molar-refractivity contribution in [3.63, 3.8) is 0 Å². The third-order valence-corrected chi connectivity index (χ3v) is 2.95. The van der Waals surface area contributed by atoms with Gasteiger partial charge in [0.15, 0.2) is 0 Å². The van der Waals surface area contributed by atoms with Crippen molar-refractivity contribution in [3.05, 3.63) is 30.3 Å². The maximum absolute atomic E-state index is 6.00. The van der Waals surface area contributed by atoms with Crippen molar-refractivity contribution in [2.45, 2.75) is 6.54 Å². The molecule has 2 aromatic rings. The van der Waals surface area contributed by atoms with Crippen molar-refractivity contribution in [2.24, 2.45) is 0 Å². The first-order valence-corrected chi connectivity index (χ1v) is 6.23. The predicted octanol–water partition coefficient (Wildman–Crippen LogP) is 1.70. The largest absolute Gasteiger partial charge is 0.496 e. The van der Waals surface area contributed by atoms with E-state index < -0.39 is 0 Å². The summed E-state index contributed by atoms with van der Waals surface area (Å²) in [5.74, 6) is 1.47. The number of rotatable bonds is 5. The SMILES string of the molecule is COc1ccccc1-c1cc(N)n(CCN(C)C)n1. The van der Waals surface area contributed by atoms with Crippen LogP contribution in [0.2, 0.25) is 0 Å². The fourth-order valence-electron chi connectivity index (χ4n) is 1.89. The van der Waals surface area contributed by atoms with Gasteiger partial charge in [0.05, 0.1) is 19.3 Å². The standard InChI is InChI=1S/C14H20N4O/c1-17(2)8-9-18-14(15)10-12(16-18)11-6-4-5-7-13(11)19-3/h4-7,10H,8-9,15H2,1-3H3. The molecule has 5 heteroatoms. The molecule has 0 atom stereocenters. The van der Waals surface area contributed by atoms with Crippen LogP contribution in [0.1, 0.15) is 0 Å². The summed E-state index contributed by atoms with van der Waals surface area (Å²) < 4.78 is 7.17. The average molecular weight is 260 g/mol. The van der Waals surface area contributed by atoms with Crippen molar-refractivity contribution in [3.8, 4) is 17.0 Å². The Hall–Kier alpha value is -2.01. The highest BCUT2D eigenvalue weighted by Gasteiger charge is 2.11. The zero-order valence-corrected chi connectivity index (χ0v) is 11.6. The molecule has 1 heterocycles. The number of para-hydroxylation sites is 1. The third-order valence-electron chi connectivity index (χ3n) is 2.95. The van der Waals surface area contributed by atoms with Gasteiger partial charge in [-0.3, -0.25) is 0 Å². The maximum Gasteiger partial charge on any atom is 0.128 e. The van der Waals surface area contributed by atoms with Crippen LogP contribution in [0.25, 0.3) is 11.3 Å². The number of anilines is 1. The van der Waals surface area contributed by atoms with Gasteiger partial charge in [0.2, 0.25) is 0 Å². The molecule has 1 aromatic heterocycles. The molecule has 1 aromatic carbocycles. The molecule has 5 nitrogen and oxygen atoms in total. The van der Waals surface area contributed by atoms with Crippen LogP contribution in [0, 0.1) is 0 Å². The molecule has 0 aliphatic rings. The van der Waals surface area contributed by atoms with Gasteiger partial charge in [-0.15, -0.1) is 0 Å². The van der Waals surface area contributed by atoms with Crippen molar-refractivity contribution in [1.29, 1.82) is 0 Å². The van der Waals surface area contributed by atoms with Gasteiger partial charge in [0.1, 0.15) is 11.6 Å². The zero-order chi connectivity index (χ0) is 13.8. The Labute approximate surface area is 113 Å². The summed E-state index contributed by atoms with van der Waals surface area (Å²) in [7, 11) is 5.72. The molecule has 0 saturated carbocycles. The van der Waals surface area contributed by atoms with E-state index in [9.17, 15) is 0 Å². The van der Waals surface area contributed by atoms with E-state index >= 15 is 0 Å². The molecule has 0 aliphatic carbocycles. The molecule has 2 N–H and O–H groups in total. The maximum atomic E-state index is 6.00. The Balaban J connectivity index is 2.28. The van der Waals surface area contributed by atoms with Crippen LogP contribution >= 0.6 is 0 Å². The van der Waals surface area contributed by atoms with Crippen LogP contribution in [-0.2, 0) is 6.54 Å². The lowest BCUT2D eigenvalue weighted by molar-refractivity contribution is 0.375. The number of nitrogens with two attached hydrogens (primary N) is 1. The lowest BCUT2D eigenvalue weighted by atomic mass is 10.1. The highest BCUT2D eigenvalue weighted by atomic mass is 16.5.